The molecular weight excluding hydrogens is 463 g/mol. The van der Waals surface area contributed by atoms with Crippen LogP contribution >= 0.6 is 24.0 Å². The third-order valence-electron chi connectivity index (χ3n) is 4.99. The van der Waals surface area contributed by atoms with E-state index >= 15 is 0 Å². The number of nitrogens with zero attached hydrogens (tertiary/aromatic N) is 4. The smallest absolute Gasteiger partial charge is 0.191 e. The molecular formula is C21H35IN6. The highest BCUT2D eigenvalue weighted by Gasteiger charge is 2.12. The Morgan fingerprint density at radius 2 is 1.89 bits per heavy atom. The molecule has 0 amide bonds. The minimum Gasteiger partial charge on any atom is -0.357 e. The van der Waals surface area contributed by atoms with Gasteiger partial charge in [0.25, 0.3) is 0 Å². The van der Waals surface area contributed by atoms with Crippen molar-refractivity contribution in [3.8, 4) is 0 Å². The van der Waals surface area contributed by atoms with E-state index in [9.17, 15) is 0 Å². The lowest BCUT2D eigenvalue weighted by Gasteiger charge is -2.25. The van der Waals surface area contributed by atoms with Crippen molar-refractivity contribution in [2.75, 3.05) is 20.1 Å². The average Bonchev–Trinajstić information content (AvgIpc) is 2.90. The molecule has 2 N–H and O–H groups in total. The summed E-state index contributed by atoms with van der Waals surface area (Å²) in [6.07, 6.45) is 0. The molecule has 0 spiro atoms. The van der Waals surface area contributed by atoms with Crippen LogP contribution in [-0.4, -0.2) is 46.8 Å². The molecule has 1 aromatic heterocycles. The van der Waals surface area contributed by atoms with Crippen LogP contribution in [0.15, 0.2) is 35.3 Å². The van der Waals surface area contributed by atoms with Crippen molar-refractivity contribution in [1.82, 2.24) is 25.3 Å². The predicted octanol–water partition coefficient (Wildman–Crippen LogP) is 3.23. The van der Waals surface area contributed by atoms with Gasteiger partial charge in [0, 0.05) is 44.0 Å². The molecule has 6 nitrogen and oxygen atoms in total. The first kappa shape index (κ1) is 24.4. The van der Waals surface area contributed by atoms with E-state index in [4.69, 9.17) is 4.99 Å². The van der Waals surface area contributed by atoms with E-state index in [1.807, 2.05) is 18.7 Å². The van der Waals surface area contributed by atoms with Crippen LogP contribution in [0.2, 0.25) is 0 Å². The zero-order chi connectivity index (χ0) is 19.8. The fourth-order valence-corrected chi connectivity index (χ4v) is 2.97. The average molecular weight is 498 g/mol. The van der Waals surface area contributed by atoms with Gasteiger partial charge in [-0.3, -0.25) is 9.58 Å². The van der Waals surface area contributed by atoms with E-state index in [0.717, 1.165) is 31.3 Å². The van der Waals surface area contributed by atoms with Gasteiger partial charge >= 0.3 is 0 Å². The highest BCUT2D eigenvalue weighted by atomic mass is 127. The number of guanidine groups is 1. The molecule has 7 heteroatoms. The van der Waals surface area contributed by atoms with Crippen molar-refractivity contribution in [3.05, 3.63) is 52.8 Å². The normalized spacial score (nSPS) is 12.6. The lowest BCUT2D eigenvalue weighted by Crippen LogP contribution is -2.44. The van der Waals surface area contributed by atoms with E-state index in [1.165, 1.54) is 16.8 Å². The van der Waals surface area contributed by atoms with Crippen molar-refractivity contribution >= 4 is 29.9 Å². The summed E-state index contributed by atoms with van der Waals surface area (Å²) in [6, 6.07) is 11.0. The van der Waals surface area contributed by atoms with Gasteiger partial charge in [-0.25, -0.2) is 4.99 Å². The summed E-state index contributed by atoms with van der Waals surface area (Å²) in [5.74, 6) is 0.847. The molecule has 28 heavy (non-hydrogen) atoms. The van der Waals surface area contributed by atoms with E-state index in [1.54, 1.807) is 0 Å². The number of hydrogen-bond donors (Lipinski definition) is 2. The van der Waals surface area contributed by atoms with Crippen molar-refractivity contribution in [3.63, 3.8) is 0 Å². The molecule has 0 aliphatic heterocycles. The Labute approximate surface area is 186 Å². The molecule has 0 radical (unpaired) electrons. The molecule has 0 saturated heterocycles. The summed E-state index contributed by atoms with van der Waals surface area (Å²) in [7, 11) is 4.13. The number of hydrogen-bond acceptors (Lipinski definition) is 3. The second-order valence-electron chi connectivity index (χ2n) is 7.10. The molecule has 1 atom stereocenters. The fourth-order valence-electron chi connectivity index (χ4n) is 2.97. The molecule has 1 unspecified atom stereocenters. The third-order valence-corrected chi connectivity index (χ3v) is 4.99. The minimum atomic E-state index is 0. The van der Waals surface area contributed by atoms with Crippen LogP contribution in [0.4, 0.5) is 0 Å². The first-order valence-corrected chi connectivity index (χ1v) is 9.67. The highest BCUT2D eigenvalue weighted by molar-refractivity contribution is 14.0. The topological polar surface area (TPSA) is 57.5 Å². The van der Waals surface area contributed by atoms with Crippen LogP contribution < -0.4 is 10.6 Å². The Balaban J connectivity index is 0.00000392. The molecule has 1 heterocycles. The summed E-state index contributed by atoms with van der Waals surface area (Å²) in [5, 5.41) is 11.3. The van der Waals surface area contributed by atoms with Gasteiger partial charge in [-0.15, -0.1) is 24.0 Å². The molecule has 0 saturated carbocycles. The number of aryl methyl sites for hydroxylation is 2. The third kappa shape index (κ3) is 7.09. The molecule has 2 aromatic rings. The Bertz CT molecular complexity index is 741. The second kappa shape index (κ2) is 12.1. The molecule has 1 aromatic carbocycles. The van der Waals surface area contributed by atoms with Gasteiger partial charge in [0.1, 0.15) is 0 Å². The maximum atomic E-state index is 4.76. The Morgan fingerprint density at radius 3 is 2.46 bits per heavy atom. The van der Waals surface area contributed by atoms with Gasteiger partial charge < -0.3 is 10.6 Å². The van der Waals surface area contributed by atoms with Crippen molar-refractivity contribution < 1.29 is 0 Å². The molecule has 0 fully saturated rings. The van der Waals surface area contributed by atoms with Gasteiger partial charge in [-0.2, -0.15) is 5.10 Å². The van der Waals surface area contributed by atoms with Crippen molar-refractivity contribution in [2.45, 2.75) is 46.8 Å². The molecule has 0 bridgehead atoms. The molecule has 0 aliphatic carbocycles. The van der Waals surface area contributed by atoms with E-state index in [0.29, 0.717) is 12.6 Å². The van der Waals surface area contributed by atoms with Crippen LogP contribution in [0.25, 0.3) is 0 Å². The van der Waals surface area contributed by atoms with Gasteiger partial charge in [-0.1, -0.05) is 30.3 Å². The van der Waals surface area contributed by atoms with Gasteiger partial charge in [0.2, 0.25) is 0 Å². The lowest BCUT2D eigenvalue weighted by atomic mass is 10.2. The zero-order valence-corrected chi connectivity index (χ0v) is 20.3. The van der Waals surface area contributed by atoms with Gasteiger partial charge in [-0.05, 0) is 40.3 Å². The summed E-state index contributed by atoms with van der Waals surface area (Å²) in [5.41, 5.74) is 4.74. The fraction of sp³-hybridized carbons (Fsp3) is 0.524. The standard InChI is InChI=1S/C21H34N6.HI/c1-7-22-21(24-14-20-17(3)25-27(6)18(20)4)23-13-16(2)26(5)15-19-11-9-8-10-12-19;/h8-12,16H,7,13-15H2,1-6H3,(H2,22,23,24);1H. The van der Waals surface area contributed by atoms with Crippen molar-refractivity contribution in [2.24, 2.45) is 12.0 Å². The van der Waals surface area contributed by atoms with E-state index < -0.39 is 0 Å². The summed E-state index contributed by atoms with van der Waals surface area (Å²) in [6.45, 7) is 11.7. The van der Waals surface area contributed by atoms with Crippen LogP contribution in [0.5, 0.6) is 0 Å². The van der Waals surface area contributed by atoms with Crippen LogP contribution in [0.1, 0.15) is 36.4 Å². The highest BCUT2D eigenvalue weighted by Crippen LogP contribution is 2.12. The first-order valence-electron chi connectivity index (χ1n) is 9.67. The first-order chi connectivity index (χ1) is 12.9. The second-order valence-corrected chi connectivity index (χ2v) is 7.10. The number of benzene rings is 1. The Morgan fingerprint density at radius 1 is 1.21 bits per heavy atom. The maximum Gasteiger partial charge on any atom is 0.191 e. The number of rotatable bonds is 8. The van der Waals surface area contributed by atoms with E-state index in [2.05, 4.69) is 78.8 Å². The number of aliphatic imine (C=N–C) groups is 1. The zero-order valence-electron chi connectivity index (χ0n) is 18.0. The lowest BCUT2D eigenvalue weighted by molar-refractivity contribution is 0.249. The van der Waals surface area contributed by atoms with Crippen molar-refractivity contribution in [1.29, 1.82) is 0 Å². The van der Waals surface area contributed by atoms with Gasteiger partial charge in [0.05, 0.1) is 12.2 Å². The number of halogens is 1. The molecule has 0 aliphatic rings. The Hall–Kier alpha value is -1.61. The minimum absolute atomic E-state index is 0. The Kier molecular flexibility index (Phi) is 10.5. The predicted molar refractivity (Wildman–Crippen MR) is 128 cm³/mol. The van der Waals surface area contributed by atoms with Crippen LogP contribution in [-0.2, 0) is 20.1 Å². The summed E-state index contributed by atoms with van der Waals surface area (Å²) < 4.78 is 1.92. The monoisotopic (exact) mass is 498 g/mol. The van der Waals surface area contributed by atoms with Gasteiger partial charge in [0.15, 0.2) is 5.96 Å². The quantitative estimate of drug-likeness (QED) is 0.334. The van der Waals surface area contributed by atoms with Crippen LogP contribution in [0, 0.1) is 13.8 Å². The largest absolute Gasteiger partial charge is 0.357 e. The summed E-state index contributed by atoms with van der Waals surface area (Å²) >= 11 is 0. The molecule has 156 valence electrons. The number of likely N-dealkylation sites (N-methyl/N-ethyl adjacent to an activating group) is 1. The number of nitrogens with one attached hydrogen (secondary N) is 2. The summed E-state index contributed by atoms with van der Waals surface area (Å²) in [4.78, 5) is 7.11. The van der Waals surface area contributed by atoms with E-state index in [-0.39, 0.29) is 24.0 Å². The number of aromatic nitrogens is 2. The molecule has 2 rings (SSSR count). The maximum absolute atomic E-state index is 4.76. The SMILES string of the molecule is CCNC(=NCc1c(C)nn(C)c1C)NCC(C)N(C)Cc1ccccc1.I. The van der Waals surface area contributed by atoms with Crippen LogP contribution in [0.3, 0.4) is 0 Å².